The summed E-state index contributed by atoms with van der Waals surface area (Å²) in [5.41, 5.74) is 2.11. The highest BCUT2D eigenvalue weighted by Crippen LogP contribution is 2.34. The fourth-order valence-corrected chi connectivity index (χ4v) is 3.09. The summed E-state index contributed by atoms with van der Waals surface area (Å²) in [4.78, 5) is 25.4. The summed E-state index contributed by atoms with van der Waals surface area (Å²) in [6, 6.07) is 4.94. The van der Waals surface area contributed by atoms with Crippen molar-refractivity contribution >= 4 is 17.7 Å². The maximum atomic E-state index is 12.5. The zero-order valence-electron chi connectivity index (χ0n) is 13.5. The second kappa shape index (κ2) is 5.69. The Labute approximate surface area is 142 Å². The van der Waals surface area contributed by atoms with Crippen molar-refractivity contribution in [2.75, 3.05) is 18.7 Å². The Hall–Kier alpha value is -3.23. The van der Waals surface area contributed by atoms with Gasteiger partial charge in [0.15, 0.2) is 17.2 Å². The number of urea groups is 1. The van der Waals surface area contributed by atoms with Gasteiger partial charge >= 0.3 is 12.0 Å². The molecule has 0 unspecified atom stereocenters. The minimum Gasteiger partial charge on any atom is -0.476 e. The number of hydrogen-bond acceptors (Lipinski definition) is 5. The van der Waals surface area contributed by atoms with Crippen molar-refractivity contribution in [1.29, 1.82) is 0 Å². The number of anilines is 1. The molecule has 2 aliphatic rings. The van der Waals surface area contributed by atoms with Gasteiger partial charge < -0.3 is 24.8 Å². The third-order valence-corrected chi connectivity index (χ3v) is 4.36. The van der Waals surface area contributed by atoms with E-state index in [1.54, 1.807) is 30.1 Å². The first-order valence-electron chi connectivity index (χ1n) is 7.76. The topological polar surface area (TPSA) is 106 Å². The predicted octanol–water partition coefficient (Wildman–Crippen LogP) is 1.44. The first kappa shape index (κ1) is 15.3. The van der Waals surface area contributed by atoms with Crippen LogP contribution >= 0.6 is 0 Å². The number of nitrogens with zero attached hydrogens (tertiary/aromatic N) is 3. The lowest BCUT2D eigenvalue weighted by Gasteiger charge is -2.27. The Morgan fingerprint density at radius 3 is 2.88 bits per heavy atom. The molecule has 3 heterocycles. The monoisotopic (exact) mass is 344 g/mol. The van der Waals surface area contributed by atoms with Gasteiger partial charge in [-0.3, -0.25) is 4.68 Å². The third-order valence-electron chi connectivity index (χ3n) is 4.36. The molecule has 0 atom stereocenters. The van der Waals surface area contributed by atoms with E-state index in [4.69, 9.17) is 9.47 Å². The van der Waals surface area contributed by atoms with Crippen LogP contribution in [0, 0.1) is 0 Å². The van der Waals surface area contributed by atoms with Crippen molar-refractivity contribution < 1.29 is 24.2 Å². The molecule has 4 rings (SSSR count). The van der Waals surface area contributed by atoms with Gasteiger partial charge in [0.05, 0.1) is 12.2 Å². The molecule has 25 heavy (non-hydrogen) atoms. The van der Waals surface area contributed by atoms with Gasteiger partial charge in [0, 0.05) is 30.9 Å². The van der Waals surface area contributed by atoms with E-state index in [0.29, 0.717) is 42.3 Å². The lowest BCUT2D eigenvalue weighted by molar-refractivity contribution is 0.0688. The number of nitrogens with one attached hydrogen (secondary N) is 1. The highest BCUT2D eigenvalue weighted by Gasteiger charge is 2.29. The van der Waals surface area contributed by atoms with E-state index in [1.807, 2.05) is 0 Å². The molecule has 2 N–H and O–H groups in total. The number of carboxylic acids is 1. The smallest absolute Gasteiger partial charge is 0.356 e. The van der Waals surface area contributed by atoms with E-state index in [9.17, 15) is 14.7 Å². The number of aromatic nitrogens is 2. The van der Waals surface area contributed by atoms with Crippen molar-refractivity contribution in [3.05, 3.63) is 35.2 Å². The Bertz CT molecular complexity index is 876. The molecule has 9 heteroatoms. The molecule has 0 saturated carbocycles. The third kappa shape index (κ3) is 2.63. The van der Waals surface area contributed by atoms with Gasteiger partial charge in [-0.15, -0.1) is 0 Å². The molecular formula is C16H16N4O5. The van der Waals surface area contributed by atoms with Crippen molar-refractivity contribution in [3.8, 4) is 11.5 Å². The van der Waals surface area contributed by atoms with Gasteiger partial charge in [0.2, 0.25) is 6.79 Å². The molecule has 0 fully saturated rings. The van der Waals surface area contributed by atoms with Crippen LogP contribution in [0.3, 0.4) is 0 Å². The van der Waals surface area contributed by atoms with Gasteiger partial charge in [-0.1, -0.05) is 0 Å². The minimum atomic E-state index is -1.05. The molecule has 0 saturated heterocycles. The molecule has 0 bridgehead atoms. The first-order valence-corrected chi connectivity index (χ1v) is 7.76. The van der Waals surface area contributed by atoms with E-state index in [0.717, 1.165) is 5.69 Å². The van der Waals surface area contributed by atoms with Crippen LogP contribution in [0.15, 0.2) is 18.2 Å². The number of rotatable bonds is 2. The van der Waals surface area contributed by atoms with Gasteiger partial charge in [-0.25, -0.2) is 9.59 Å². The Morgan fingerprint density at radius 2 is 2.08 bits per heavy atom. The standard InChI is InChI=1S/C16H16N4O5/c1-19-11-7-20(5-4-10(11)14(18-19)15(21)22)16(23)17-9-2-3-12-13(6-9)25-8-24-12/h2-3,6H,4-5,7-8H2,1H3,(H,17,23)(H,21,22). The molecule has 2 aliphatic heterocycles. The summed E-state index contributed by atoms with van der Waals surface area (Å²) in [5, 5.41) is 16.1. The quantitative estimate of drug-likeness (QED) is 0.854. The van der Waals surface area contributed by atoms with E-state index >= 15 is 0 Å². The number of carboxylic acid groups (broad SMARTS) is 1. The fraction of sp³-hybridized carbons (Fsp3) is 0.312. The summed E-state index contributed by atoms with van der Waals surface area (Å²) < 4.78 is 12.1. The molecule has 9 nitrogen and oxygen atoms in total. The number of ether oxygens (including phenoxy) is 2. The number of aromatic carboxylic acids is 1. The predicted molar refractivity (Wildman–Crippen MR) is 85.9 cm³/mol. The summed E-state index contributed by atoms with van der Waals surface area (Å²) in [6.45, 7) is 0.909. The lowest BCUT2D eigenvalue weighted by atomic mass is 10.0. The van der Waals surface area contributed by atoms with Crippen LogP contribution in [0.4, 0.5) is 10.5 Å². The average Bonchev–Trinajstić information content (AvgIpc) is 3.18. The van der Waals surface area contributed by atoms with E-state index in [1.165, 1.54) is 4.68 Å². The lowest BCUT2D eigenvalue weighted by Crippen LogP contribution is -2.39. The van der Waals surface area contributed by atoms with Crippen LogP contribution in [-0.2, 0) is 20.0 Å². The molecule has 0 aliphatic carbocycles. The fourth-order valence-electron chi connectivity index (χ4n) is 3.09. The van der Waals surface area contributed by atoms with Crippen LogP contribution in [0.5, 0.6) is 11.5 Å². The number of amides is 2. The summed E-state index contributed by atoms with van der Waals surface area (Å²) in [5.74, 6) is 0.197. The van der Waals surface area contributed by atoms with Crippen LogP contribution in [-0.4, -0.2) is 45.1 Å². The van der Waals surface area contributed by atoms with Crippen molar-refractivity contribution in [2.24, 2.45) is 7.05 Å². The normalized spacial score (nSPS) is 15.0. The second-order valence-corrected chi connectivity index (χ2v) is 5.87. The van der Waals surface area contributed by atoms with Crippen molar-refractivity contribution in [2.45, 2.75) is 13.0 Å². The largest absolute Gasteiger partial charge is 0.476 e. The van der Waals surface area contributed by atoms with Crippen LogP contribution < -0.4 is 14.8 Å². The SMILES string of the molecule is Cn1nc(C(=O)O)c2c1CN(C(=O)Nc1ccc3c(c1)OCO3)CC2. The van der Waals surface area contributed by atoms with Gasteiger partial charge in [0.25, 0.3) is 0 Å². The van der Waals surface area contributed by atoms with Gasteiger partial charge in [-0.05, 0) is 18.6 Å². The molecule has 130 valence electrons. The second-order valence-electron chi connectivity index (χ2n) is 5.87. The zero-order valence-corrected chi connectivity index (χ0v) is 13.5. The maximum absolute atomic E-state index is 12.5. The van der Waals surface area contributed by atoms with Gasteiger partial charge in [-0.2, -0.15) is 5.10 Å². The van der Waals surface area contributed by atoms with E-state index in [2.05, 4.69) is 10.4 Å². The molecule has 0 radical (unpaired) electrons. The van der Waals surface area contributed by atoms with Crippen LogP contribution in [0.25, 0.3) is 0 Å². The number of fused-ring (bicyclic) bond motifs is 2. The van der Waals surface area contributed by atoms with E-state index < -0.39 is 5.97 Å². The first-order chi connectivity index (χ1) is 12.0. The van der Waals surface area contributed by atoms with E-state index in [-0.39, 0.29) is 18.5 Å². The molecule has 1 aromatic heterocycles. The van der Waals surface area contributed by atoms with Crippen LogP contribution in [0.2, 0.25) is 0 Å². The zero-order chi connectivity index (χ0) is 17.6. The summed E-state index contributed by atoms with van der Waals surface area (Å²) in [6.07, 6.45) is 0.458. The molecule has 0 spiro atoms. The number of benzene rings is 1. The van der Waals surface area contributed by atoms with Crippen molar-refractivity contribution in [3.63, 3.8) is 0 Å². The number of aryl methyl sites for hydroxylation is 1. The highest BCUT2D eigenvalue weighted by atomic mass is 16.7. The molecular weight excluding hydrogens is 328 g/mol. The Kier molecular flexibility index (Phi) is 3.48. The molecule has 1 aromatic carbocycles. The Morgan fingerprint density at radius 1 is 1.28 bits per heavy atom. The average molecular weight is 344 g/mol. The highest BCUT2D eigenvalue weighted by molar-refractivity contribution is 5.90. The van der Waals surface area contributed by atoms with Crippen molar-refractivity contribution in [1.82, 2.24) is 14.7 Å². The summed E-state index contributed by atoms with van der Waals surface area (Å²) >= 11 is 0. The number of carbonyl (C=O) groups excluding carboxylic acids is 1. The Balaban J connectivity index is 1.50. The van der Waals surface area contributed by atoms with Gasteiger partial charge in [0.1, 0.15) is 0 Å². The van der Waals surface area contributed by atoms with Crippen LogP contribution in [0.1, 0.15) is 21.7 Å². The minimum absolute atomic E-state index is 0.0633. The number of hydrogen-bond donors (Lipinski definition) is 2. The number of carbonyl (C=O) groups is 2. The maximum Gasteiger partial charge on any atom is 0.356 e. The summed E-state index contributed by atoms with van der Waals surface area (Å²) in [7, 11) is 1.69. The molecule has 2 amide bonds. The molecule has 2 aromatic rings.